The molecule has 9 heteroatoms. The van der Waals surface area contributed by atoms with Crippen molar-refractivity contribution < 1.29 is 9.90 Å². The minimum Gasteiger partial charge on any atom is -0.481 e. The number of hydrogen-bond acceptors (Lipinski definition) is 7. The first-order chi connectivity index (χ1) is 10.2. The van der Waals surface area contributed by atoms with Crippen LogP contribution in [-0.4, -0.2) is 49.8 Å². The van der Waals surface area contributed by atoms with Crippen LogP contribution < -0.4 is 4.90 Å². The van der Waals surface area contributed by atoms with E-state index in [1.54, 1.807) is 17.5 Å². The van der Waals surface area contributed by atoms with E-state index in [1.165, 1.54) is 0 Å². The van der Waals surface area contributed by atoms with Crippen LogP contribution in [0.5, 0.6) is 0 Å². The molecule has 2 aromatic rings. The van der Waals surface area contributed by atoms with Crippen LogP contribution in [0, 0.1) is 5.92 Å². The SMILES string of the molecule is CCc1nnc(N2C[C@H](CC(=O)O)[C@H](c3cn[nH]n3)C2)s1. The van der Waals surface area contributed by atoms with Gasteiger partial charge in [0.25, 0.3) is 0 Å². The fourth-order valence-corrected chi connectivity index (χ4v) is 3.49. The number of carboxylic acid groups (broad SMARTS) is 1. The Labute approximate surface area is 125 Å². The van der Waals surface area contributed by atoms with Gasteiger partial charge >= 0.3 is 5.97 Å². The van der Waals surface area contributed by atoms with Gasteiger partial charge < -0.3 is 10.0 Å². The zero-order chi connectivity index (χ0) is 14.8. The highest BCUT2D eigenvalue weighted by Gasteiger charge is 2.37. The molecule has 0 spiro atoms. The van der Waals surface area contributed by atoms with Crippen LogP contribution >= 0.6 is 11.3 Å². The molecule has 1 saturated heterocycles. The second-order valence-corrected chi connectivity index (χ2v) is 6.14. The Hall–Kier alpha value is -2.03. The maximum atomic E-state index is 11.1. The van der Waals surface area contributed by atoms with E-state index in [9.17, 15) is 4.79 Å². The molecular formula is C12H16N6O2S. The highest BCUT2D eigenvalue weighted by atomic mass is 32.1. The molecule has 0 saturated carbocycles. The lowest BCUT2D eigenvalue weighted by atomic mass is 9.91. The van der Waals surface area contributed by atoms with Gasteiger partial charge in [0.2, 0.25) is 5.13 Å². The molecule has 2 N–H and O–H groups in total. The lowest BCUT2D eigenvalue weighted by Crippen LogP contribution is -2.20. The number of nitrogens with zero attached hydrogens (tertiary/aromatic N) is 5. The summed E-state index contributed by atoms with van der Waals surface area (Å²) >= 11 is 1.56. The summed E-state index contributed by atoms with van der Waals surface area (Å²) in [6.45, 7) is 3.39. The van der Waals surface area contributed by atoms with Crippen molar-refractivity contribution in [2.24, 2.45) is 5.92 Å². The molecule has 0 unspecified atom stereocenters. The van der Waals surface area contributed by atoms with E-state index in [2.05, 4.69) is 30.5 Å². The number of aromatic nitrogens is 5. The fourth-order valence-electron chi connectivity index (χ4n) is 2.70. The standard InChI is InChI=1S/C12H16N6O2S/c1-2-10-15-16-12(21-10)18-5-7(3-11(19)20)8(6-18)9-4-13-17-14-9/h4,7-8H,2-3,5-6H2,1H3,(H,19,20)(H,13,14,17)/t7-,8+/m0/s1. The minimum atomic E-state index is -0.790. The molecule has 0 radical (unpaired) electrons. The minimum absolute atomic E-state index is 0.00146. The Balaban J connectivity index is 1.81. The van der Waals surface area contributed by atoms with E-state index < -0.39 is 5.97 Å². The molecule has 1 aliphatic heterocycles. The molecule has 2 atom stereocenters. The van der Waals surface area contributed by atoms with Gasteiger partial charge in [-0.05, 0) is 12.3 Å². The van der Waals surface area contributed by atoms with Gasteiger partial charge in [0.05, 0.1) is 18.3 Å². The molecule has 0 aliphatic carbocycles. The average molecular weight is 308 g/mol. The van der Waals surface area contributed by atoms with Gasteiger partial charge in [0.15, 0.2) is 0 Å². The third-order valence-corrected chi connectivity index (χ3v) is 4.85. The number of hydrogen-bond donors (Lipinski definition) is 2. The van der Waals surface area contributed by atoms with Crippen molar-refractivity contribution in [1.82, 2.24) is 25.6 Å². The summed E-state index contributed by atoms with van der Waals surface area (Å²) < 4.78 is 0. The van der Waals surface area contributed by atoms with Crippen molar-refractivity contribution >= 4 is 22.4 Å². The van der Waals surface area contributed by atoms with Crippen molar-refractivity contribution in [2.75, 3.05) is 18.0 Å². The quantitative estimate of drug-likeness (QED) is 0.845. The Morgan fingerprint density at radius 1 is 1.52 bits per heavy atom. The van der Waals surface area contributed by atoms with Crippen molar-refractivity contribution in [3.63, 3.8) is 0 Å². The molecule has 1 aliphatic rings. The third kappa shape index (κ3) is 2.87. The van der Waals surface area contributed by atoms with Crippen LogP contribution in [0.2, 0.25) is 0 Å². The van der Waals surface area contributed by atoms with Crippen molar-refractivity contribution in [3.8, 4) is 0 Å². The summed E-state index contributed by atoms with van der Waals surface area (Å²) in [4.78, 5) is 13.2. The van der Waals surface area contributed by atoms with Gasteiger partial charge in [-0.1, -0.05) is 18.3 Å². The second kappa shape index (κ2) is 5.76. The van der Waals surface area contributed by atoms with E-state index in [0.29, 0.717) is 13.1 Å². The van der Waals surface area contributed by atoms with E-state index in [1.807, 2.05) is 6.92 Å². The predicted octanol–water partition coefficient (Wildman–Crippen LogP) is 0.913. The molecule has 112 valence electrons. The number of H-pyrrole nitrogens is 1. The highest BCUT2D eigenvalue weighted by molar-refractivity contribution is 7.15. The zero-order valence-electron chi connectivity index (χ0n) is 11.6. The van der Waals surface area contributed by atoms with Gasteiger partial charge in [0, 0.05) is 19.0 Å². The first-order valence-corrected chi connectivity index (χ1v) is 7.63. The number of nitrogens with one attached hydrogen (secondary N) is 1. The molecule has 0 amide bonds. The summed E-state index contributed by atoms with van der Waals surface area (Å²) in [5.41, 5.74) is 0.809. The number of aromatic amines is 1. The Kier molecular flexibility index (Phi) is 3.82. The van der Waals surface area contributed by atoms with Crippen molar-refractivity contribution in [3.05, 3.63) is 16.9 Å². The number of aliphatic carboxylic acids is 1. The normalized spacial score (nSPS) is 21.9. The molecule has 3 rings (SSSR count). The number of aryl methyl sites for hydroxylation is 1. The van der Waals surface area contributed by atoms with Gasteiger partial charge in [0.1, 0.15) is 5.01 Å². The van der Waals surface area contributed by atoms with Crippen LogP contribution in [0.25, 0.3) is 0 Å². The lowest BCUT2D eigenvalue weighted by Gasteiger charge is -2.12. The number of anilines is 1. The maximum absolute atomic E-state index is 11.1. The Bertz CT molecular complexity index is 613. The summed E-state index contributed by atoms with van der Waals surface area (Å²) in [5, 5.41) is 29.8. The number of carbonyl (C=O) groups is 1. The Morgan fingerprint density at radius 3 is 3.00 bits per heavy atom. The van der Waals surface area contributed by atoms with Gasteiger partial charge in [-0.25, -0.2) is 0 Å². The van der Waals surface area contributed by atoms with E-state index >= 15 is 0 Å². The smallest absolute Gasteiger partial charge is 0.303 e. The third-order valence-electron chi connectivity index (χ3n) is 3.72. The van der Waals surface area contributed by atoms with E-state index in [0.717, 1.165) is 22.3 Å². The number of rotatable bonds is 5. The predicted molar refractivity (Wildman–Crippen MR) is 76.4 cm³/mol. The summed E-state index contributed by atoms with van der Waals surface area (Å²) in [6, 6.07) is 0. The summed E-state index contributed by atoms with van der Waals surface area (Å²) in [5.74, 6) is -0.739. The first-order valence-electron chi connectivity index (χ1n) is 6.82. The Morgan fingerprint density at radius 2 is 2.38 bits per heavy atom. The molecule has 3 heterocycles. The molecule has 21 heavy (non-hydrogen) atoms. The van der Waals surface area contributed by atoms with Gasteiger partial charge in [-0.15, -0.1) is 10.2 Å². The zero-order valence-corrected chi connectivity index (χ0v) is 12.4. The molecule has 2 aromatic heterocycles. The topological polar surface area (TPSA) is 108 Å². The maximum Gasteiger partial charge on any atom is 0.303 e. The van der Waals surface area contributed by atoms with Crippen molar-refractivity contribution in [2.45, 2.75) is 25.7 Å². The van der Waals surface area contributed by atoms with Gasteiger partial charge in [-0.2, -0.15) is 15.4 Å². The summed E-state index contributed by atoms with van der Waals surface area (Å²) in [7, 11) is 0. The summed E-state index contributed by atoms with van der Waals surface area (Å²) in [6.07, 6.45) is 2.64. The van der Waals surface area contributed by atoms with Crippen LogP contribution in [0.4, 0.5) is 5.13 Å². The largest absolute Gasteiger partial charge is 0.481 e. The van der Waals surface area contributed by atoms with Crippen LogP contribution in [0.3, 0.4) is 0 Å². The molecule has 8 nitrogen and oxygen atoms in total. The average Bonchev–Trinajstić information content (AvgIpc) is 3.17. The molecule has 1 fully saturated rings. The number of carboxylic acids is 1. The van der Waals surface area contributed by atoms with Crippen molar-refractivity contribution in [1.29, 1.82) is 0 Å². The second-order valence-electron chi connectivity index (χ2n) is 5.10. The highest BCUT2D eigenvalue weighted by Crippen LogP contribution is 2.37. The monoisotopic (exact) mass is 308 g/mol. The molecule has 0 bridgehead atoms. The van der Waals surface area contributed by atoms with Crippen LogP contribution in [-0.2, 0) is 11.2 Å². The molecular weight excluding hydrogens is 292 g/mol. The fraction of sp³-hybridized carbons (Fsp3) is 0.583. The van der Waals surface area contributed by atoms with E-state index in [4.69, 9.17) is 5.11 Å². The lowest BCUT2D eigenvalue weighted by molar-refractivity contribution is -0.138. The first kappa shape index (κ1) is 13.9. The van der Waals surface area contributed by atoms with Gasteiger partial charge in [-0.3, -0.25) is 4.79 Å². The van der Waals surface area contributed by atoms with Crippen LogP contribution in [0.1, 0.15) is 30.0 Å². The van der Waals surface area contributed by atoms with E-state index in [-0.39, 0.29) is 18.3 Å². The van der Waals surface area contributed by atoms with Crippen LogP contribution in [0.15, 0.2) is 6.20 Å². The molecule has 0 aromatic carbocycles.